The molecule has 1 N–H and O–H groups in total. The van der Waals surface area contributed by atoms with Crippen LogP contribution in [0.2, 0.25) is 0 Å². The molecular formula is C31H34FN3O5. The van der Waals surface area contributed by atoms with Gasteiger partial charge in [0.1, 0.15) is 23.1 Å². The molecule has 0 bridgehead atoms. The Morgan fingerprint density at radius 3 is 2.27 bits per heavy atom. The highest BCUT2D eigenvalue weighted by atomic mass is 19.1. The number of aromatic carboxylic acids is 1. The molecular weight excluding hydrogens is 513 g/mol. The Bertz CT molecular complexity index is 1360. The number of piperidine rings is 1. The van der Waals surface area contributed by atoms with Crippen molar-refractivity contribution >= 4 is 17.7 Å². The van der Waals surface area contributed by atoms with Crippen LogP contribution in [0.4, 0.5) is 10.2 Å². The van der Waals surface area contributed by atoms with Crippen molar-refractivity contribution in [3.63, 3.8) is 0 Å². The lowest BCUT2D eigenvalue weighted by Crippen LogP contribution is -2.41. The number of carboxylic acids is 1. The number of ether oxygens (including phenoxy) is 2. The zero-order valence-electron chi connectivity index (χ0n) is 22.9. The van der Waals surface area contributed by atoms with Crippen LogP contribution in [0.15, 0.2) is 54.7 Å². The molecule has 5 rings (SSSR count). The summed E-state index contributed by atoms with van der Waals surface area (Å²) in [5.41, 5.74) is 2.69. The highest BCUT2D eigenvalue weighted by molar-refractivity contribution is 5.97. The number of hydrogen-bond donors (Lipinski definition) is 1. The molecule has 3 heterocycles. The monoisotopic (exact) mass is 547 g/mol. The number of carboxylic acid groups (broad SMARTS) is 1. The number of aromatic nitrogens is 1. The van der Waals surface area contributed by atoms with Crippen molar-refractivity contribution in [2.24, 2.45) is 5.41 Å². The fourth-order valence-corrected chi connectivity index (χ4v) is 5.76. The molecule has 1 amide bonds. The van der Waals surface area contributed by atoms with Gasteiger partial charge in [-0.15, -0.1) is 0 Å². The molecule has 9 heteroatoms. The molecule has 8 nitrogen and oxygen atoms in total. The van der Waals surface area contributed by atoms with E-state index in [1.54, 1.807) is 17.0 Å². The molecule has 1 aromatic heterocycles. The minimum Gasteiger partial charge on any atom is -0.493 e. The summed E-state index contributed by atoms with van der Waals surface area (Å²) in [6.07, 6.45) is 3.60. The maximum absolute atomic E-state index is 13.6. The molecule has 3 aromatic rings. The molecule has 0 radical (unpaired) electrons. The number of likely N-dealkylation sites (tertiary alicyclic amines) is 1. The van der Waals surface area contributed by atoms with Gasteiger partial charge in [0.15, 0.2) is 0 Å². The fourth-order valence-electron chi connectivity index (χ4n) is 5.76. The average molecular weight is 548 g/mol. The van der Waals surface area contributed by atoms with Gasteiger partial charge in [-0.3, -0.25) is 14.6 Å². The number of carbonyl (C=O) groups excluding carboxylic acids is 1. The first-order chi connectivity index (χ1) is 19.3. The second-order valence-electron chi connectivity index (χ2n) is 10.5. The second-order valence-corrected chi connectivity index (χ2v) is 10.5. The van der Waals surface area contributed by atoms with Gasteiger partial charge in [-0.1, -0.05) is 12.1 Å². The molecule has 2 aliphatic rings. The van der Waals surface area contributed by atoms with Gasteiger partial charge in [0.05, 0.1) is 24.3 Å². The Hall–Kier alpha value is -3.98. The molecule has 210 valence electrons. The van der Waals surface area contributed by atoms with Crippen molar-refractivity contribution in [3.8, 4) is 22.6 Å². The van der Waals surface area contributed by atoms with Crippen molar-refractivity contribution in [2.75, 3.05) is 37.7 Å². The number of benzene rings is 2. The first-order valence-electron chi connectivity index (χ1n) is 13.7. The van der Waals surface area contributed by atoms with Crippen LogP contribution < -0.4 is 14.4 Å². The summed E-state index contributed by atoms with van der Waals surface area (Å²) in [7, 11) is 0. The van der Waals surface area contributed by atoms with Gasteiger partial charge >= 0.3 is 5.97 Å². The van der Waals surface area contributed by atoms with Crippen molar-refractivity contribution in [1.29, 1.82) is 0 Å². The van der Waals surface area contributed by atoms with Crippen LogP contribution in [-0.2, 0) is 11.3 Å². The van der Waals surface area contributed by atoms with Crippen molar-refractivity contribution in [3.05, 3.63) is 71.7 Å². The van der Waals surface area contributed by atoms with Gasteiger partial charge in [-0.05, 0) is 92.7 Å². The third kappa shape index (κ3) is 5.79. The molecule has 0 atom stereocenters. The van der Waals surface area contributed by atoms with E-state index in [9.17, 15) is 19.1 Å². The van der Waals surface area contributed by atoms with Gasteiger partial charge in [0.25, 0.3) is 0 Å². The van der Waals surface area contributed by atoms with Gasteiger partial charge in [-0.2, -0.15) is 0 Å². The number of halogens is 1. The Kier molecular flexibility index (Phi) is 8.02. The molecule has 0 saturated carbocycles. The third-order valence-corrected chi connectivity index (χ3v) is 7.77. The van der Waals surface area contributed by atoms with Crippen molar-refractivity contribution in [1.82, 2.24) is 9.88 Å². The summed E-state index contributed by atoms with van der Waals surface area (Å²) < 4.78 is 25.6. The molecule has 0 unspecified atom stereocenters. The number of carbonyl (C=O) groups is 2. The lowest BCUT2D eigenvalue weighted by molar-refractivity contribution is -0.118. The van der Waals surface area contributed by atoms with Crippen molar-refractivity contribution < 1.29 is 28.6 Å². The summed E-state index contributed by atoms with van der Waals surface area (Å²) in [6.45, 7) is 7.77. The smallest absolute Gasteiger partial charge is 0.335 e. The van der Waals surface area contributed by atoms with Crippen LogP contribution in [0.1, 0.15) is 49.0 Å². The van der Waals surface area contributed by atoms with Crippen LogP contribution in [0.25, 0.3) is 11.1 Å². The molecule has 2 fully saturated rings. The normalized spacial score (nSPS) is 16.9. The Labute approximate surface area is 233 Å². The van der Waals surface area contributed by atoms with Crippen LogP contribution in [-0.4, -0.2) is 59.7 Å². The van der Waals surface area contributed by atoms with Gasteiger partial charge < -0.3 is 14.6 Å². The van der Waals surface area contributed by atoms with Crippen LogP contribution >= 0.6 is 0 Å². The van der Waals surface area contributed by atoms with Crippen LogP contribution in [0.3, 0.4) is 0 Å². The maximum Gasteiger partial charge on any atom is 0.335 e. The summed E-state index contributed by atoms with van der Waals surface area (Å²) in [6, 6.07) is 13.3. The van der Waals surface area contributed by atoms with E-state index in [1.165, 1.54) is 30.5 Å². The molecule has 1 spiro atoms. The standard InChI is InChI=1S/C31H34FN3O5/c1-3-39-25-15-21(16-26(40-4-2)29(25)22-5-7-24(32)8-6-22)19-34-13-10-31(11-14-34)18-28(36)35(20-31)27-17-23(30(37)38)9-12-33-27/h5-9,12,15-17H,3-4,10-11,13-14,18-20H2,1-2H3,(H,37,38). The zero-order valence-corrected chi connectivity index (χ0v) is 22.9. The van der Waals surface area contributed by atoms with Crippen LogP contribution in [0.5, 0.6) is 11.5 Å². The predicted molar refractivity (Wildman–Crippen MR) is 149 cm³/mol. The summed E-state index contributed by atoms with van der Waals surface area (Å²) in [5, 5.41) is 9.32. The van der Waals surface area contributed by atoms with E-state index in [2.05, 4.69) is 9.88 Å². The lowest BCUT2D eigenvalue weighted by Gasteiger charge is -2.38. The zero-order chi connectivity index (χ0) is 28.3. The topological polar surface area (TPSA) is 92.2 Å². The molecule has 2 saturated heterocycles. The number of rotatable bonds is 9. The van der Waals surface area contributed by atoms with Crippen molar-refractivity contribution in [2.45, 2.75) is 39.7 Å². The molecule has 0 aliphatic carbocycles. The minimum atomic E-state index is -1.04. The van der Waals surface area contributed by atoms with E-state index in [0.717, 1.165) is 42.6 Å². The molecule has 2 aliphatic heterocycles. The third-order valence-electron chi connectivity index (χ3n) is 7.77. The quantitative estimate of drug-likeness (QED) is 0.383. The number of hydrogen-bond acceptors (Lipinski definition) is 6. The number of pyridine rings is 1. The Balaban J connectivity index is 1.30. The van der Waals surface area contributed by atoms with Gasteiger partial charge in [-0.25, -0.2) is 14.2 Å². The average Bonchev–Trinajstić information content (AvgIpc) is 3.27. The predicted octanol–water partition coefficient (Wildman–Crippen LogP) is 5.40. The highest BCUT2D eigenvalue weighted by Gasteiger charge is 2.45. The summed E-state index contributed by atoms with van der Waals surface area (Å²) in [5.74, 6) is 0.466. The largest absolute Gasteiger partial charge is 0.493 e. The number of nitrogens with zero attached hydrogens (tertiary/aromatic N) is 3. The first-order valence-corrected chi connectivity index (χ1v) is 13.7. The Morgan fingerprint density at radius 2 is 1.68 bits per heavy atom. The second kappa shape index (κ2) is 11.6. The van der Waals surface area contributed by atoms with Crippen LogP contribution in [0, 0.1) is 11.2 Å². The summed E-state index contributed by atoms with van der Waals surface area (Å²) in [4.78, 5) is 32.6. The molecule has 40 heavy (non-hydrogen) atoms. The molecule has 2 aromatic carbocycles. The van der Waals surface area contributed by atoms with E-state index in [-0.39, 0.29) is 22.7 Å². The van der Waals surface area contributed by atoms with E-state index in [1.807, 2.05) is 26.0 Å². The summed E-state index contributed by atoms with van der Waals surface area (Å²) >= 11 is 0. The van der Waals surface area contributed by atoms with Gasteiger partial charge in [0.2, 0.25) is 5.91 Å². The lowest BCUT2D eigenvalue weighted by atomic mass is 9.77. The van der Waals surface area contributed by atoms with E-state index < -0.39 is 5.97 Å². The van der Waals surface area contributed by atoms with E-state index in [0.29, 0.717) is 50.0 Å². The van der Waals surface area contributed by atoms with Gasteiger partial charge in [0, 0.05) is 25.7 Å². The van der Waals surface area contributed by atoms with E-state index >= 15 is 0 Å². The number of amides is 1. The highest BCUT2D eigenvalue weighted by Crippen LogP contribution is 2.44. The fraction of sp³-hybridized carbons (Fsp3) is 0.387. The number of anilines is 1. The SMILES string of the molecule is CCOc1cc(CN2CCC3(CC2)CC(=O)N(c2cc(C(=O)O)ccn2)C3)cc(OCC)c1-c1ccc(F)cc1. The first kappa shape index (κ1) is 27.6. The Morgan fingerprint density at radius 1 is 1.02 bits per heavy atom. The minimum absolute atomic E-state index is 0.0115. The van der Waals surface area contributed by atoms with E-state index in [4.69, 9.17) is 9.47 Å². The maximum atomic E-state index is 13.6.